The second-order valence-corrected chi connectivity index (χ2v) is 6.84. The van der Waals surface area contributed by atoms with Gasteiger partial charge >= 0.3 is 0 Å². The van der Waals surface area contributed by atoms with Gasteiger partial charge in [-0.25, -0.2) is 0 Å². The van der Waals surface area contributed by atoms with Gasteiger partial charge in [0.05, 0.1) is 19.4 Å². The number of halogens is 1. The van der Waals surface area contributed by atoms with Gasteiger partial charge in [0.2, 0.25) is 0 Å². The van der Waals surface area contributed by atoms with Crippen molar-refractivity contribution in [3.05, 3.63) is 42.5 Å². The van der Waals surface area contributed by atoms with E-state index >= 15 is 0 Å². The summed E-state index contributed by atoms with van der Waals surface area (Å²) >= 11 is 0. The van der Waals surface area contributed by atoms with Crippen LogP contribution in [0.1, 0.15) is 20.3 Å². The fourth-order valence-electron chi connectivity index (χ4n) is 3.29. The molecular weight excluding hydrogens is 523 g/mol. The lowest BCUT2D eigenvalue weighted by Gasteiger charge is -2.29. The summed E-state index contributed by atoms with van der Waals surface area (Å²) in [6.07, 6.45) is 0.726. The van der Waals surface area contributed by atoms with Crippen LogP contribution in [0.3, 0.4) is 0 Å². The average Bonchev–Trinajstić information content (AvgIpc) is 2.78. The Morgan fingerprint density at radius 1 is 1.19 bits per heavy atom. The molecule has 1 amide bonds. The lowest BCUT2D eigenvalue weighted by atomic mass is 10.2. The van der Waals surface area contributed by atoms with E-state index in [9.17, 15) is 4.79 Å². The van der Waals surface area contributed by atoms with Crippen LogP contribution in [-0.2, 0) is 4.79 Å². The van der Waals surface area contributed by atoms with E-state index in [4.69, 9.17) is 14.2 Å². The van der Waals surface area contributed by atoms with E-state index in [1.165, 1.54) is 0 Å². The SMILES string of the molecule is CCNC(=NCCCN1C(=O)COc2ccccc21)Nc1ccc(OC)c(OCC)c1.I. The van der Waals surface area contributed by atoms with Crippen molar-refractivity contribution in [2.45, 2.75) is 20.3 Å². The molecule has 32 heavy (non-hydrogen) atoms. The number of guanidine groups is 1. The van der Waals surface area contributed by atoms with Gasteiger partial charge in [-0.1, -0.05) is 12.1 Å². The molecule has 0 aliphatic carbocycles. The number of carbonyl (C=O) groups excluding carboxylic acids is 1. The highest BCUT2D eigenvalue weighted by Crippen LogP contribution is 2.32. The van der Waals surface area contributed by atoms with Crippen molar-refractivity contribution in [3.8, 4) is 17.2 Å². The van der Waals surface area contributed by atoms with Crippen molar-refractivity contribution < 1.29 is 19.0 Å². The summed E-state index contributed by atoms with van der Waals surface area (Å²) < 4.78 is 16.5. The van der Waals surface area contributed by atoms with Gasteiger partial charge in [0, 0.05) is 31.4 Å². The number of rotatable bonds is 9. The van der Waals surface area contributed by atoms with Crippen LogP contribution in [0.5, 0.6) is 17.2 Å². The van der Waals surface area contributed by atoms with E-state index < -0.39 is 0 Å². The van der Waals surface area contributed by atoms with Crippen molar-refractivity contribution >= 4 is 47.2 Å². The third-order valence-electron chi connectivity index (χ3n) is 4.69. The summed E-state index contributed by atoms with van der Waals surface area (Å²) in [4.78, 5) is 18.7. The number of amides is 1. The molecule has 2 N–H and O–H groups in total. The molecule has 0 unspecified atom stereocenters. The monoisotopic (exact) mass is 554 g/mol. The fraction of sp³-hybridized carbons (Fsp3) is 0.391. The summed E-state index contributed by atoms with van der Waals surface area (Å²) in [5, 5.41) is 6.54. The van der Waals surface area contributed by atoms with Crippen LogP contribution in [0.25, 0.3) is 0 Å². The Balaban J connectivity index is 0.00000363. The predicted octanol–water partition coefficient (Wildman–Crippen LogP) is 3.91. The normalized spacial score (nSPS) is 12.9. The Hall–Kier alpha value is -2.69. The molecule has 0 spiro atoms. The summed E-state index contributed by atoms with van der Waals surface area (Å²) in [6.45, 7) is 6.45. The lowest BCUT2D eigenvalue weighted by Crippen LogP contribution is -2.39. The van der Waals surface area contributed by atoms with Gasteiger partial charge in [0.15, 0.2) is 24.1 Å². The summed E-state index contributed by atoms with van der Waals surface area (Å²) in [5.41, 5.74) is 1.66. The first-order chi connectivity index (χ1) is 15.2. The number of fused-ring (bicyclic) bond motifs is 1. The van der Waals surface area contributed by atoms with E-state index in [2.05, 4.69) is 15.6 Å². The van der Waals surface area contributed by atoms with Crippen LogP contribution in [0, 0.1) is 0 Å². The maximum absolute atomic E-state index is 12.3. The van der Waals surface area contributed by atoms with Crippen molar-refractivity contribution in [2.75, 3.05) is 50.2 Å². The van der Waals surface area contributed by atoms with Crippen LogP contribution in [0.4, 0.5) is 11.4 Å². The van der Waals surface area contributed by atoms with Crippen LogP contribution in [0.15, 0.2) is 47.5 Å². The van der Waals surface area contributed by atoms with Gasteiger partial charge in [0.25, 0.3) is 5.91 Å². The highest BCUT2D eigenvalue weighted by Gasteiger charge is 2.24. The van der Waals surface area contributed by atoms with E-state index in [0.717, 1.165) is 30.1 Å². The molecule has 1 aliphatic heterocycles. The van der Waals surface area contributed by atoms with E-state index in [1.54, 1.807) is 12.0 Å². The number of benzene rings is 2. The first-order valence-corrected chi connectivity index (χ1v) is 10.5. The summed E-state index contributed by atoms with van der Waals surface area (Å²) in [5.74, 6) is 2.74. The number of carbonyl (C=O) groups is 1. The van der Waals surface area contributed by atoms with Gasteiger partial charge in [-0.15, -0.1) is 24.0 Å². The third-order valence-corrected chi connectivity index (χ3v) is 4.69. The Labute approximate surface area is 206 Å². The molecule has 0 saturated carbocycles. The molecule has 9 heteroatoms. The van der Waals surface area contributed by atoms with Crippen LogP contribution in [-0.4, -0.2) is 51.8 Å². The van der Waals surface area contributed by atoms with E-state index in [0.29, 0.717) is 37.2 Å². The van der Waals surface area contributed by atoms with Crippen molar-refractivity contribution in [1.82, 2.24) is 5.32 Å². The van der Waals surface area contributed by atoms with Crippen LogP contribution < -0.4 is 29.7 Å². The zero-order chi connectivity index (χ0) is 22.1. The molecule has 3 rings (SSSR count). The number of nitrogens with one attached hydrogen (secondary N) is 2. The number of anilines is 2. The van der Waals surface area contributed by atoms with Gasteiger partial charge in [-0.3, -0.25) is 9.79 Å². The van der Waals surface area contributed by atoms with E-state index in [-0.39, 0.29) is 36.5 Å². The maximum Gasteiger partial charge on any atom is 0.265 e. The molecule has 8 nitrogen and oxygen atoms in total. The first-order valence-electron chi connectivity index (χ1n) is 10.5. The number of hydrogen-bond donors (Lipinski definition) is 2. The number of hydrogen-bond acceptors (Lipinski definition) is 5. The maximum atomic E-state index is 12.3. The molecule has 0 radical (unpaired) electrons. The largest absolute Gasteiger partial charge is 0.493 e. The molecule has 2 aromatic rings. The molecule has 1 aliphatic rings. The van der Waals surface area contributed by atoms with Crippen molar-refractivity contribution in [1.29, 1.82) is 0 Å². The zero-order valence-corrected chi connectivity index (χ0v) is 21.1. The molecule has 0 bridgehead atoms. The standard InChI is InChI=1S/C23H30N4O4.HI/c1-4-24-23(26-17-11-12-20(29-3)21(15-17)30-5-2)25-13-8-14-27-18-9-6-7-10-19(18)31-16-22(27)28;/h6-7,9-12,15H,4-5,8,13-14,16H2,1-3H3,(H2,24,25,26);1H. The molecule has 174 valence electrons. The average molecular weight is 554 g/mol. The Bertz CT molecular complexity index is 923. The first kappa shape index (κ1) is 25.6. The van der Waals surface area contributed by atoms with Crippen molar-refractivity contribution in [3.63, 3.8) is 0 Å². The zero-order valence-electron chi connectivity index (χ0n) is 18.7. The third kappa shape index (κ3) is 6.65. The molecule has 0 saturated heterocycles. The molecule has 0 atom stereocenters. The Morgan fingerprint density at radius 3 is 2.75 bits per heavy atom. The van der Waals surface area contributed by atoms with Crippen LogP contribution in [0.2, 0.25) is 0 Å². The van der Waals surface area contributed by atoms with Gasteiger partial charge < -0.3 is 29.7 Å². The van der Waals surface area contributed by atoms with Crippen LogP contribution >= 0.6 is 24.0 Å². The number of ether oxygens (including phenoxy) is 3. The minimum Gasteiger partial charge on any atom is -0.493 e. The molecular formula is C23H31IN4O4. The molecule has 2 aromatic carbocycles. The minimum atomic E-state index is -0.0330. The molecule has 0 fully saturated rings. The minimum absolute atomic E-state index is 0. The van der Waals surface area contributed by atoms with Crippen molar-refractivity contribution in [2.24, 2.45) is 4.99 Å². The van der Waals surface area contributed by atoms with Gasteiger partial charge in [-0.05, 0) is 44.5 Å². The topological polar surface area (TPSA) is 84.4 Å². The van der Waals surface area contributed by atoms with Gasteiger partial charge in [-0.2, -0.15) is 0 Å². The molecule has 1 heterocycles. The summed E-state index contributed by atoms with van der Waals surface area (Å²) in [7, 11) is 1.62. The predicted molar refractivity (Wildman–Crippen MR) is 138 cm³/mol. The lowest BCUT2D eigenvalue weighted by molar-refractivity contribution is -0.121. The van der Waals surface area contributed by atoms with E-state index in [1.807, 2.05) is 56.3 Å². The number of methoxy groups -OCH3 is 1. The smallest absolute Gasteiger partial charge is 0.265 e. The molecule has 0 aromatic heterocycles. The highest BCUT2D eigenvalue weighted by atomic mass is 127. The quantitative estimate of drug-likeness (QED) is 0.212. The number of nitrogens with zero attached hydrogens (tertiary/aromatic N) is 2. The highest BCUT2D eigenvalue weighted by molar-refractivity contribution is 14.0. The Morgan fingerprint density at radius 2 is 2.00 bits per heavy atom. The van der Waals surface area contributed by atoms with Gasteiger partial charge in [0.1, 0.15) is 5.75 Å². The number of para-hydroxylation sites is 2. The second kappa shape index (κ2) is 13.0. The number of aliphatic imine (C=N–C) groups is 1. The second-order valence-electron chi connectivity index (χ2n) is 6.84. The fourth-order valence-corrected chi connectivity index (χ4v) is 3.29. The summed E-state index contributed by atoms with van der Waals surface area (Å²) in [6, 6.07) is 13.3. The Kier molecular flexibility index (Phi) is 10.4.